The maximum atomic E-state index is 6.37. The summed E-state index contributed by atoms with van der Waals surface area (Å²) in [5.41, 5.74) is 7.52. The lowest BCUT2D eigenvalue weighted by Gasteiger charge is -2.37. The van der Waals surface area contributed by atoms with E-state index in [-0.39, 0.29) is 0 Å². The van der Waals surface area contributed by atoms with Crippen molar-refractivity contribution in [2.45, 2.75) is 105 Å². The molecule has 0 bridgehead atoms. The molecule has 2 N–H and O–H groups in total. The Morgan fingerprint density at radius 1 is 0.568 bits per heavy atom. The number of benzene rings is 4. The molecule has 0 aliphatic heterocycles. The number of rotatable bonds is 4. The van der Waals surface area contributed by atoms with Crippen LogP contribution in [0, 0.1) is 26.2 Å². The first-order valence-corrected chi connectivity index (χ1v) is 17.7. The average Bonchev–Trinajstić information content (AvgIpc) is 2.97. The number of fused-ring (bicyclic) bond motifs is 2. The Hall–Kier alpha value is -2.47. The van der Waals surface area contributed by atoms with Crippen LogP contribution in [0.15, 0.2) is 72.8 Å². The topological polar surface area (TPSA) is 44.5 Å². The van der Waals surface area contributed by atoms with Crippen molar-refractivity contribution in [3.8, 4) is 11.5 Å². The van der Waals surface area contributed by atoms with Crippen LogP contribution in [-0.4, -0.2) is 12.2 Å². The van der Waals surface area contributed by atoms with Crippen LogP contribution in [0.1, 0.15) is 92.9 Å². The summed E-state index contributed by atoms with van der Waals surface area (Å²) in [6.07, 6.45) is 10.5. The van der Waals surface area contributed by atoms with Gasteiger partial charge in [-0.2, -0.15) is 0 Å². The number of nitrogens with two attached hydrogens (primary N) is 1. The van der Waals surface area contributed by atoms with Gasteiger partial charge in [0.25, 0.3) is 0 Å². The van der Waals surface area contributed by atoms with Gasteiger partial charge < -0.3 is 15.2 Å². The molecule has 2 saturated carbocycles. The predicted octanol–water partition coefficient (Wildman–Crippen LogP) is 11.8. The summed E-state index contributed by atoms with van der Waals surface area (Å²) in [5.74, 6) is 3.70. The zero-order chi connectivity index (χ0) is 31.5. The van der Waals surface area contributed by atoms with E-state index in [0.717, 1.165) is 52.6 Å². The summed E-state index contributed by atoms with van der Waals surface area (Å²) in [5, 5.41) is 4.82. The molecule has 0 amide bonds. The van der Waals surface area contributed by atoms with Crippen molar-refractivity contribution >= 4 is 49.8 Å². The van der Waals surface area contributed by atoms with Crippen molar-refractivity contribution in [2.24, 2.45) is 22.7 Å². The van der Waals surface area contributed by atoms with Gasteiger partial charge in [-0.15, -0.1) is 0 Å². The average molecular weight is 706 g/mol. The highest BCUT2D eigenvalue weighted by Gasteiger charge is 2.31. The van der Waals surface area contributed by atoms with Crippen LogP contribution in [0.5, 0.6) is 11.5 Å². The monoisotopic (exact) mass is 705 g/mol. The molecule has 4 heteroatoms. The molecule has 3 nitrogen and oxygen atoms in total. The number of anilines is 1. The minimum atomic E-state index is 0.349. The van der Waals surface area contributed by atoms with Gasteiger partial charge in [0.05, 0.1) is 12.2 Å². The van der Waals surface area contributed by atoms with E-state index in [9.17, 15) is 0 Å². The Morgan fingerprint density at radius 3 is 1.45 bits per heavy atom. The van der Waals surface area contributed by atoms with E-state index in [4.69, 9.17) is 15.2 Å². The van der Waals surface area contributed by atoms with E-state index in [1.807, 2.05) is 12.1 Å². The number of hydrogen-bond acceptors (Lipinski definition) is 3. The molecule has 0 spiro atoms. The van der Waals surface area contributed by atoms with Crippen molar-refractivity contribution in [2.75, 3.05) is 5.73 Å². The first-order chi connectivity index (χ1) is 20.9. The molecule has 236 valence electrons. The third-order valence-electron chi connectivity index (χ3n) is 10.1. The minimum Gasteiger partial charge on any atom is -0.490 e. The Labute approximate surface area is 279 Å². The molecule has 0 aromatic heterocycles. The van der Waals surface area contributed by atoms with Crippen LogP contribution < -0.4 is 15.2 Å². The van der Waals surface area contributed by atoms with Gasteiger partial charge in [0.1, 0.15) is 11.5 Å². The SMILES string of the molecule is CC(C)(C)C1CCC(Oc2cccc3cc(I)ccc23)CC1.CC(C)(C)C1CCC(Oc2cccc3cc(N)ccc23)CC1. The first kappa shape index (κ1) is 32.9. The highest BCUT2D eigenvalue weighted by molar-refractivity contribution is 14.1. The normalized spacial score (nSPS) is 22.7. The molecule has 2 aliphatic rings. The quantitative estimate of drug-likeness (QED) is 0.170. The summed E-state index contributed by atoms with van der Waals surface area (Å²) >= 11 is 2.36. The van der Waals surface area contributed by atoms with Crippen molar-refractivity contribution in [1.29, 1.82) is 0 Å². The van der Waals surface area contributed by atoms with Gasteiger partial charge in [-0.25, -0.2) is 0 Å². The molecule has 0 atom stereocenters. The van der Waals surface area contributed by atoms with Crippen molar-refractivity contribution in [3.05, 3.63) is 76.4 Å². The summed E-state index contributed by atoms with van der Waals surface area (Å²) in [6.45, 7) is 14.2. The van der Waals surface area contributed by atoms with Gasteiger partial charge in [-0.1, -0.05) is 65.8 Å². The lowest BCUT2D eigenvalue weighted by molar-refractivity contribution is 0.0890. The van der Waals surface area contributed by atoms with Crippen LogP contribution >= 0.6 is 22.6 Å². The van der Waals surface area contributed by atoms with E-state index in [1.165, 1.54) is 52.9 Å². The lowest BCUT2D eigenvalue weighted by atomic mass is 9.72. The fourth-order valence-corrected chi connectivity index (χ4v) is 7.67. The summed E-state index contributed by atoms with van der Waals surface area (Å²) < 4.78 is 14.0. The molecule has 4 aromatic rings. The summed E-state index contributed by atoms with van der Waals surface area (Å²) in [7, 11) is 0. The Kier molecular flexibility index (Phi) is 10.4. The second-order valence-electron chi connectivity index (χ2n) is 15.3. The third-order valence-corrected chi connectivity index (χ3v) is 10.7. The van der Waals surface area contributed by atoms with E-state index < -0.39 is 0 Å². The molecule has 0 saturated heterocycles. The van der Waals surface area contributed by atoms with Gasteiger partial charge in [0.15, 0.2) is 0 Å². The van der Waals surface area contributed by atoms with E-state index in [2.05, 4.69) is 125 Å². The molecule has 44 heavy (non-hydrogen) atoms. The van der Waals surface area contributed by atoms with E-state index >= 15 is 0 Å². The Morgan fingerprint density at radius 2 is 1.00 bits per heavy atom. The second kappa shape index (κ2) is 13.9. The minimum absolute atomic E-state index is 0.349. The van der Waals surface area contributed by atoms with Crippen molar-refractivity contribution < 1.29 is 9.47 Å². The Bertz CT molecular complexity index is 1420. The Balaban J connectivity index is 0.000000175. The highest BCUT2D eigenvalue weighted by atomic mass is 127. The standard InChI is InChI=1S/C20H25IO.C20H27NO/c2*1-20(2,3)15-7-10-17(11-8-15)22-19-6-4-5-14-13-16(21)9-12-18(14)19/h4-6,9,12-13,15,17H,7-8,10-11H2,1-3H3;4-6,9,12-13,15,17H,7-8,10-11,21H2,1-3H3. The van der Waals surface area contributed by atoms with Crippen LogP contribution in [0.2, 0.25) is 0 Å². The first-order valence-electron chi connectivity index (χ1n) is 16.7. The molecular weight excluding hydrogens is 653 g/mol. The molecule has 2 fully saturated rings. The summed E-state index contributed by atoms with van der Waals surface area (Å²) in [4.78, 5) is 0. The predicted molar refractivity (Wildman–Crippen MR) is 197 cm³/mol. The number of hydrogen-bond donors (Lipinski definition) is 1. The molecule has 0 unspecified atom stereocenters. The van der Waals surface area contributed by atoms with E-state index in [1.54, 1.807) is 0 Å². The van der Waals surface area contributed by atoms with Gasteiger partial charge in [-0.3, -0.25) is 0 Å². The lowest BCUT2D eigenvalue weighted by Crippen LogP contribution is -2.30. The fourth-order valence-electron chi connectivity index (χ4n) is 7.16. The van der Waals surface area contributed by atoms with Crippen LogP contribution in [-0.2, 0) is 0 Å². The van der Waals surface area contributed by atoms with Gasteiger partial charge in [0, 0.05) is 20.0 Å². The fraction of sp³-hybridized carbons (Fsp3) is 0.500. The number of halogens is 1. The molecule has 2 aliphatic carbocycles. The zero-order valence-electron chi connectivity index (χ0n) is 27.7. The van der Waals surface area contributed by atoms with E-state index in [0.29, 0.717) is 23.0 Å². The van der Waals surface area contributed by atoms with Gasteiger partial charge in [-0.05, 0) is 156 Å². The number of nitrogen functional groups attached to an aromatic ring is 1. The van der Waals surface area contributed by atoms with Gasteiger partial charge >= 0.3 is 0 Å². The zero-order valence-corrected chi connectivity index (χ0v) is 29.8. The molecule has 0 heterocycles. The number of ether oxygens (including phenoxy) is 2. The van der Waals surface area contributed by atoms with Crippen LogP contribution in [0.3, 0.4) is 0 Å². The van der Waals surface area contributed by atoms with Crippen molar-refractivity contribution in [3.63, 3.8) is 0 Å². The van der Waals surface area contributed by atoms with Crippen LogP contribution in [0.4, 0.5) is 5.69 Å². The third kappa shape index (κ3) is 8.41. The molecule has 4 aromatic carbocycles. The largest absolute Gasteiger partial charge is 0.490 e. The smallest absolute Gasteiger partial charge is 0.127 e. The maximum absolute atomic E-state index is 6.37. The highest BCUT2D eigenvalue weighted by Crippen LogP contribution is 2.41. The van der Waals surface area contributed by atoms with Crippen molar-refractivity contribution in [1.82, 2.24) is 0 Å². The molecule has 0 radical (unpaired) electrons. The molecular formula is C40H52INO2. The van der Waals surface area contributed by atoms with Crippen LogP contribution in [0.25, 0.3) is 21.5 Å². The second-order valence-corrected chi connectivity index (χ2v) is 16.5. The summed E-state index contributed by atoms with van der Waals surface area (Å²) in [6, 6.07) is 25.2. The molecule has 6 rings (SSSR count). The van der Waals surface area contributed by atoms with Gasteiger partial charge in [0.2, 0.25) is 0 Å². The maximum Gasteiger partial charge on any atom is 0.127 e.